The van der Waals surface area contributed by atoms with Crippen molar-refractivity contribution in [3.63, 3.8) is 0 Å². The van der Waals surface area contributed by atoms with Crippen LogP contribution in [0.5, 0.6) is 0 Å². The third kappa shape index (κ3) is 3.79. The molecule has 0 fully saturated rings. The number of carbonyl (C=O) groups excluding carboxylic acids is 1. The largest absolute Gasteiger partial charge is 0.336 e. The van der Waals surface area contributed by atoms with E-state index in [0.29, 0.717) is 12.1 Å². The average Bonchev–Trinajstić information content (AvgIpc) is 3.00. The van der Waals surface area contributed by atoms with Crippen molar-refractivity contribution in [3.05, 3.63) is 65.2 Å². The van der Waals surface area contributed by atoms with Crippen LogP contribution >= 0.6 is 0 Å². The lowest BCUT2D eigenvalue weighted by molar-refractivity contribution is 0.0783. The Morgan fingerprint density at radius 2 is 1.88 bits per heavy atom. The summed E-state index contributed by atoms with van der Waals surface area (Å²) < 4.78 is 1.74. The molecule has 3 rings (SSSR count). The number of aryl methyl sites for hydroxylation is 3. The van der Waals surface area contributed by atoms with Crippen molar-refractivity contribution in [2.24, 2.45) is 7.05 Å². The maximum atomic E-state index is 12.7. The fourth-order valence-corrected chi connectivity index (χ4v) is 2.82. The summed E-state index contributed by atoms with van der Waals surface area (Å²) in [6.07, 6.45) is 2.82. The van der Waals surface area contributed by atoms with E-state index in [-0.39, 0.29) is 5.91 Å². The van der Waals surface area contributed by atoms with E-state index in [1.807, 2.05) is 50.5 Å². The first-order valence-electron chi connectivity index (χ1n) is 8.65. The lowest BCUT2D eigenvalue weighted by Crippen LogP contribution is -2.26. The second-order valence-corrected chi connectivity index (χ2v) is 6.36. The molecule has 2 aromatic heterocycles. The molecule has 0 aliphatic heterocycles. The molecular weight excluding hydrogens is 326 g/mol. The highest BCUT2D eigenvalue weighted by molar-refractivity contribution is 5.94. The summed E-state index contributed by atoms with van der Waals surface area (Å²) in [5.41, 5.74) is 3.64. The zero-order valence-corrected chi connectivity index (χ0v) is 15.6. The molecule has 6 nitrogen and oxygen atoms in total. The Balaban J connectivity index is 1.71. The molecule has 1 amide bonds. The van der Waals surface area contributed by atoms with Gasteiger partial charge in [-0.15, -0.1) is 0 Å². The Kier molecular flexibility index (Phi) is 5.11. The fraction of sp³-hybridized carbons (Fsp3) is 0.300. The SMILES string of the molecule is CCc1ccc(CN(C)C(=O)c2ccc(-c3nc(C)nn3C)cc2)nc1. The predicted molar refractivity (Wildman–Crippen MR) is 101 cm³/mol. The number of hydrogen-bond acceptors (Lipinski definition) is 4. The highest BCUT2D eigenvalue weighted by atomic mass is 16.2. The summed E-state index contributed by atoms with van der Waals surface area (Å²) >= 11 is 0. The molecular formula is C20H23N5O. The molecule has 0 spiro atoms. The second-order valence-electron chi connectivity index (χ2n) is 6.36. The Morgan fingerprint density at radius 3 is 2.42 bits per heavy atom. The molecule has 0 atom stereocenters. The molecule has 134 valence electrons. The molecule has 0 radical (unpaired) electrons. The van der Waals surface area contributed by atoms with E-state index in [9.17, 15) is 4.79 Å². The number of aromatic nitrogens is 4. The second kappa shape index (κ2) is 7.47. The maximum absolute atomic E-state index is 12.7. The minimum atomic E-state index is -0.0351. The predicted octanol–water partition coefficient (Wildman–Crippen LogP) is 3.02. The molecule has 0 aliphatic carbocycles. The Bertz CT molecular complexity index is 897. The number of rotatable bonds is 5. The molecule has 6 heteroatoms. The van der Waals surface area contributed by atoms with Gasteiger partial charge in [0.15, 0.2) is 5.82 Å². The van der Waals surface area contributed by atoms with Gasteiger partial charge in [0.25, 0.3) is 5.91 Å². The van der Waals surface area contributed by atoms with Gasteiger partial charge in [-0.3, -0.25) is 9.78 Å². The number of nitrogens with zero attached hydrogens (tertiary/aromatic N) is 5. The molecule has 0 saturated heterocycles. The number of hydrogen-bond donors (Lipinski definition) is 0. The van der Waals surface area contributed by atoms with Crippen molar-refractivity contribution in [1.29, 1.82) is 0 Å². The van der Waals surface area contributed by atoms with Gasteiger partial charge in [0.05, 0.1) is 12.2 Å². The van der Waals surface area contributed by atoms with Gasteiger partial charge in [-0.1, -0.05) is 25.1 Å². The van der Waals surface area contributed by atoms with Gasteiger partial charge in [0, 0.05) is 31.4 Å². The van der Waals surface area contributed by atoms with Gasteiger partial charge >= 0.3 is 0 Å². The highest BCUT2D eigenvalue weighted by Crippen LogP contribution is 2.18. The average molecular weight is 349 g/mol. The van der Waals surface area contributed by atoms with Crippen LogP contribution in [0.15, 0.2) is 42.6 Å². The summed E-state index contributed by atoms with van der Waals surface area (Å²) in [5.74, 6) is 1.48. The van der Waals surface area contributed by atoms with Crippen molar-refractivity contribution in [1.82, 2.24) is 24.6 Å². The van der Waals surface area contributed by atoms with Crippen molar-refractivity contribution < 1.29 is 4.79 Å². The van der Waals surface area contributed by atoms with E-state index in [4.69, 9.17) is 0 Å². The van der Waals surface area contributed by atoms with E-state index in [1.165, 1.54) is 5.56 Å². The van der Waals surface area contributed by atoms with Gasteiger partial charge in [-0.05, 0) is 37.1 Å². The zero-order valence-electron chi connectivity index (χ0n) is 15.6. The minimum absolute atomic E-state index is 0.0351. The highest BCUT2D eigenvalue weighted by Gasteiger charge is 2.14. The van der Waals surface area contributed by atoms with E-state index in [2.05, 4.69) is 28.1 Å². The van der Waals surface area contributed by atoms with Crippen LogP contribution in [0.3, 0.4) is 0 Å². The van der Waals surface area contributed by atoms with E-state index in [0.717, 1.165) is 29.3 Å². The van der Waals surface area contributed by atoms with Gasteiger partial charge in [0.2, 0.25) is 0 Å². The van der Waals surface area contributed by atoms with Crippen LogP contribution in [0, 0.1) is 6.92 Å². The van der Waals surface area contributed by atoms with Crippen LogP contribution in [0.4, 0.5) is 0 Å². The fourth-order valence-electron chi connectivity index (χ4n) is 2.82. The zero-order chi connectivity index (χ0) is 18.7. The lowest BCUT2D eigenvalue weighted by atomic mass is 10.1. The van der Waals surface area contributed by atoms with Gasteiger partial charge < -0.3 is 4.90 Å². The summed E-state index contributed by atoms with van der Waals surface area (Å²) in [5, 5.41) is 4.26. The Labute approximate surface area is 153 Å². The molecule has 0 unspecified atom stereocenters. The molecule has 0 N–H and O–H groups in total. The van der Waals surface area contributed by atoms with Crippen LogP contribution < -0.4 is 0 Å². The molecule has 0 saturated carbocycles. The van der Waals surface area contributed by atoms with Gasteiger partial charge in [0.1, 0.15) is 5.82 Å². The molecule has 26 heavy (non-hydrogen) atoms. The molecule has 1 aromatic carbocycles. The van der Waals surface area contributed by atoms with Gasteiger partial charge in [-0.25, -0.2) is 9.67 Å². The molecule has 0 bridgehead atoms. The number of benzene rings is 1. The van der Waals surface area contributed by atoms with Gasteiger partial charge in [-0.2, -0.15) is 5.10 Å². The number of amides is 1. The topological polar surface area (TPSA) is 63.9 Å². The molecule has 0 aliphatic rings. The first-order chi connectivity index (χ1) is 12.5. The van der Waals surface area contributed by atoms with Crippen LogP contribution in [-0.4, -0.2) is 37.6 Å². The number of pyridine rings is 1. The summed E-state index contributed by atoms with van der Waals surface area (Å²) in [7, 11) is 3.65. The first kappa shape index (κ1) is 17.8. The summed E-state index contributed by atoms with van der Waals surface area (Å²) in [4.78, 5) is 23.2. The lowest BCUT2D eigenvalue weighted by Gasteiger charge is -2.17. The Morgan fingerprint density at radius 1 is 1.15 bits per heavy atom. The van der Waals surface area contributed by atoms with Crippen LogP contribution in [-0.2, 0) is 20.0 Å². The van der Waals surface area contributed by atoms with E-state index in [1.54, 1.807) is 16.6 Å². The maximum Gasteiger partial charge on any atom is 0.253 e. The smallest absolute Gasteiger partial charge is 0.253 e. The van der Waals surface area contributed by atoms with Crippen LogP contribution in [0.2, 0.25) is 0 Å². The Hall–Kier alpha value is -3.02. The van der Waals surface area contributed by atoms with Crippen molar-refractivity contribution >= 4 is 5.91 Å². The summed E-state index contributed by atoms with van der Waals surface area (Å²) in [6, 6.07) is 11.5. The third-order valence-corrected chi connectivity index (χ3v) is 4.30. The monoisotopic (exact) mass is 349 g/mol. The molecule has 2 heterocycles. The standard InChI is InChI=1S/C20H23N5O/c1-5-15-6-11-18(21-12-15)13-24(3)20(26)17-9-7-16(8-10-17)19-22-14(2)23-25(19)4/h6-12H,5,13H2,1-4H3. The van der Waals surface area contributed by atoms with Crippen molar-refractivity contribution in [3.8, 4) is 11.4 Å². The quantitative estimate of drug-likeness (QED) is 0.710. The van der Waals surface area contributed by atoms with E-state index < -0.39 is 0 Å². The summed E-state index contributed by atoms with van der Waals surface area (Å²) in [6.45, 7) is 4.43. The minimum Gasteiger partial charge on any atom is -0.336 e. The van der Waals surface area contributed by atoms with Crippen molar-refractivity contribution in [2.45, 2.75) is 26.8 Å². The van der Waals surface area contributed by atoms with Crippen LogP contribution in [0.25, 0.3) is 11.4 Å². The normalized spacial score (nSPS) is 10.8. The molecule has 3 aromatic rings. The number of carbonyl (C=O) groups is 1. The third-order valence-electron chi connectivity index (χ3n) is 4.30. The van der Waals surface area contributed by atoms with Crippen molar-refractivity contribution in [2.75, 3.05) is 7.05 Å². The van der Waals surface area contributed by atoms with E-state index >= 15 is 0 Å². The van der Waals surface area contributed by atoms with Crippen LogP contribution in [0.1, 0.15) is 34.4 Å². The first-order valence-corrected chi connectivity index (χ1v) is 8.65.